The van der Waals surface area contributed by atoms with Crippen LogP contribution in [0.3, 0.4) is 0 Å². The first-order valence-corrected chi connectivity index (χ1v) is 5.58. The van der Waals surface area contributed by atoms with Gasteiger partial charge in [0.05, 0.1) is 0 Å². The number of allylic oxidation sites excluding steroid dienone is 2. The van der Waals surface area contributed by atoms with Gasteiger partial charge in [0.1, 0.15) is 0 Å². The first-order chi connectivity index (χ1) is 6.35. The second-order valence-electron chi connectivity index (χ2n) is 3.72. The first kappa shape index (κ1) is 12.5. The standard InChI is InChI=1S/C13H24/c1-4-7-8-9-10-12-13(6-3)11-5-2/h5-6,13H,2-4,7-12H2,1H3/t13-/m1/s1. The van der Waals surface area contributed by atoms with Crippen LogP contribution in [0.4, 0.5) is 0 Å². The fourth-order valence-corrected chi connectivity index (χ4v) is 1.56. The van der Waals surface area contributed by atoms with Crippen molar-refractivity contribution in [2.75, 3.05) is 0 Å². The second-order valence-corrected chi connectivity index (χ2v) is 3.72. The molecule has 0 rings (SSSR count). The van der Waals surface area contributed by atoms with Gasteiger partial charge in [0.25, 0.3) is 0 Å². The van der Waals surface area contributed by atoms with Gasteiger partial charge in [-0.1, -0.05) is 51.2 Å². The summed E-state index contributed by atoms with van der Waals surface area (Å²) in [6.07, 6.45) is 13.3. The molecule has 0 fully saturated rings. The molecule has 0 amide bonds. The average Bonchev–Trinajstić information content (AvgIpc) is 2.16. The summed E-state index contributed by atoms with van der Waals surface area (Å²) >= 11 is 0. The topological polar surface area (TPSA) is 0 Å². The molecule has 0 saturated heterocycles. The quantitative estimate of drug-likeness (QED) is 0.355. The van der Waals surface area contributed by atoms with Gasteiger partial charge in [-0.2, -0.15) is 0 Å². The van der Waals surface area contributed by atoms with Crippen molar-refractivity contribution in [2.24, 2.45) is 5.92 Å². The van der Waals surface area contributed by atoms with Gasteiger partial charge in [0.15, 0.2) is 0 Å². The smallest absolute Gasteiger partial charge is 0.0202 e. The van der Waals surface area contributed by atoms with Gasteiger partial charge >= 0.3 is 0 Å². The molecule has 0 nitrogen and oxygen atoms in total. The van der Waals surface area contributed by atoms with Gasteiger partial charge in [-0.05, 0) is 18.8 Å². The lowest BCUT2D eigenvalue weighted by atomic mass is 9.97. The van der Waals surface area contributed by atoms with Crippen molar-refractivity contribution in [3.05, 3.63) is 25.3 Å². The van der Waals surface area contributed by atoms with Crippen LogP contribution in [-0.4, -0.2) is 0 Å². The Balaban J connectivity index is 3.27. The summed E-state index contributed by atoms with van der Waals surface area (Å²) in [4.78, 5) is 0. The Labute approximate surface area is 83.7 Å². The second kappa shape index (κ2) is 9.57. The summed E-state index contributed by atoms with van der Waals surface area (Å²) in [6.45, 7) is 9.86. The van der Waals surface area contributed by atoms with E-state index in [9.17, 15) is 0 Å². The Morgan fingerprint density at radius 2 is 1.77 bits per heavy atom. The molecule has 13 heavy (non-hydrogen) atoms. The van der Waals surface area contributed by atoms with E-state index in [2.05, 4.69) is 26.2 Å². The highest BCUT2D eigenvalue weighted by Crippen LogP contribution is 2.15. The third-order valence-electron chi connectivity index (χ3n) is 2.48. The lowest BCUT2D eigenvalue weighted by molar-refractivity contribution is 0.528. The lowest BCUT2D eigenvalue weighted by Gasteiger charge is -2.08. The van der Waals surface area contributed by atoms with Crippen molar-refractivity contribution < 1.29 is 0 Å². The summed E-state index contributed by atoms with van der Waals surface area (Å²) < 4.78 is 0. The van der Waals surface area contributed by atoms with Crippen molar-refractivity contribution in [1.29, 1.82) is 0 Å². The van der Waals surface area contributed by atoms with Gasteiger partial charge in [0.2, 0.25) is 0 Å². The molecule has 76 valence electrons. The summed E-state index contributed by atoms with van der Waals surface area (Å²) in [7, 11) is 0. The van der Waals surface area contributed by atoms with Gasteiger partial charge in [-0.25, -0.2) is 0 Å². The number of hydrogen-bond donors (Lipinski definition) is 0. The molecule has 0 aliphatic rings. The molecule has 0 aliphatic heterocycles. The van der Waals surface area contributed by atoms with E-state index in [1.165, 1.54) is 38.5 Å². The maximum Gasteiger partial charge on any atom is -0.0202 e. The summed E-state index contributed by atoms with van der Waals surface area (Å²) in [5.74, 6) is 0.666. The minimum absolute atomic E-state index is 0.666. The molecule has 0 heterocycles. The lowest BCUT2D eigenvalue weighted by Crippen LogP contribution is -1.94. The van der Waals surface area contributed by atoms with E-state index in [1.54, 1.807) is 0 Å². The molecule has 0 spiro atoms. The number of unbranched alkanes of at least 4 members (excludes halogenated alkanes) is 4. The minimum Gasteiger partial charge on any atom is -0.103 e. The highest BCUT2D eigenvalue weighted by atomic mass is 14.1. The highest BCUT2D eigenvalue weighted by Gasteiger charge is 2.00. The van der Waals surface area contributed by atoms with E-state index in [4.69, 9.17) is 0 Å². The average molecular weight is 180 g/mol. The van der Waals surface area contributed by atoms with Crippen LogP contribution in [0.1, 0.15) is 51.9 Å². The third-order valence-corrected chi connectivity index (χ3v) is 2.48. The van der Waals surface area contributed by atoms with Gasteiger partial charge in [-0.3, -0.25) is 0 Å². The molecule has 0 aliphatic carbocycles. The summed E-state index contributed by atoms with van der Waals surface area (Å²) in [6, 6.07) is 0. The van der Waals surface area contributed by atoms with Crippen molar-refractivity contribution >= 4 is 0 Å². The molecular weight excluding hydrogens is 156 g/mol. The minimum atomic E-state index is 0.666. The van der Waals surface area contributed by atoms with E-state index in [0.717, 1.165) is 6.42 Å². The zero-order chi connectivity index (χ0) is 9.94. The number of hydrogen-bond acceptors (Lipinski definition) is 0. The van der Waals surface area contributed by atoms with Gasteiger partial charge in [-0.15, -0.1) is 13.2 Å². The van der Waals surface area contributed by atoms with Crippen molar-refractivity contribution in [2.45, 2.75) is 51.9 Å². The van der Waals surface area contributed by atoms with Crippen LogP contribution in [0, 0.1) is 5.92 Å². The summed E-state index contributed by atoms with van der Waals surface area (Å²) in [5.41, 5.74) is 0. The monoisotopic (exact) mass is 180 g/mol. The van der Waals surface area contributed by atoms with Crippen molar-refractivity contribution in [1.82, 2.24) is 0 Å². The predicted octanol–water partition coefficient (Wildman–Crippen LogP) is 4.73. The normalized spacial score (nSPS) is 12.4. The largest absolute Gasteiger partial charge is 0.103 e. The van der Waals surface area contributed by atoms with Crippen LogP contribution >= 0.6 is 0 Å². The van der Waals surface area contributed by atoms with Crippen LogP contribution in [0.5, 0.6) is 0 Å². The Bertz CT molecular complexity index is 124. The molecule has 0 radical (unpaired) electrons. The zero-order valence-electron chi connectivity index (χ0n) is 9.10. The fourth-order valence-electron chi connectivity index (χ4n) is 1.56. The molecule has 0 bridgehead atoms. The maximum absolute atomic E-state index is 3.85. The van der Waals surface area contributed by atoms with Crippen molar-refractivity contribution in [3.63, 3.8) is 0 Å². The maximum atomic E-state index is 3.85. The Hall–Kier alpha value is -0.520. The van der Waals surface area contributed by atoms with Gasteiger partial charge < -0.3 is 0 Å². The van der Waals surface area contributed by atoms with Crippen LogP contribution in [0.15, 0.2) is 25.3 Å². The zero-order valence-corrected chi connectivity index (χ0v) is 9.10. The molecule has 0 aromatic rings. The molecular formula is C13H24. The summed E-state index contributed by atoms with van der Waals surface area (Å²) in [5, 5.41) is 0. The Kier molecular flexibility index (Phi) is 9.18. The van der Waals surface area contributed by atoms with Crippen LogP contribution in [0.25, 0.3) is 0 Å². The molecule has 0 saturated carbocycles. The Morgan fingerprint density at radius 1 is 1.08 bits per heavy atom. The van der Waals surface area contributed by atoms with Gasteiger partial charge in [0, 0.05) is 0 Å². The van der Waals surface area contributed by atoms with Crippen LogP contribution in [-0.2, 0) is 0 Å². The van der Waals surface area contributed by atoms with Crippen LogP contribution in [0.2, 0.25) is 0 Å². The third kappa shape index (κ3) is 7.83. The molecule has 0 aromatic carbocycles. The van der Waals surface area contributed by atoms with E-state index in [1.807, 2.05) is 6.08 Å². The Morgan fingerprint density at radius 3 is 2.31 bits per heavy atom. The number of rotatable bonds is 9. The SMILES string of the molecule is C=CC[C@@H](C=C)CCCCCCC. The highest BCUT2D eigenvalue weighted by molar-refractivity contribution is 4.84. The molecule has 0 aromatic heterocycles. The van der Waals surface area contributed by atoms with E-state index in [-0.39, 0.29) is 0 Å². The van der Waals surface area contributed by atoms with E-state index in [0.29, 0.717) is 5.92 Å². The predicted molar refractivity (Wildman–Crippen MR) is 61.9 cm³/mol. The molecule has 0 heteroatoms. The fraction of sp³-hybridized carbons (Fsp3) is 0.692. The van der Waals surface area contributed by atoms with E-state index >= 15 is 0 Å². The van der Waals surface area contributed by atoms with E-state index < -0.39 is 0 Å². The molecule has 1 atom stereocenters. The first-order valence-electron chi connectivity index (χ1n) is 5.58. The molecule has 0 unspecified atom stereocenters. The van der Waals surface area contributed by atoms with Crippen molar-refractivity contribution in [3.8, 4) is 0 Å². The molecule has 0 N–H and O–H groups in total. The van der Waals surface area contributed by atoms with Crippen LogP contribution < -0.4 is 0 Å².